The van der Waals surface area contributed by atoms with E-state index in [9.17, 15) is 4.79 Å². The summed E-state index contributed by atoms with van der Waals surface area (Å²) in [5, 5.41) is 0. The van der Waals surface area contributed by atoms with Gasteiger partial charge in [0.1, 0.15) is 5.78 Å². The van der Waals surface area contributed by atoms with Gasteiger partial charge >= 0.3 is 0 Å². The zero-order chi connectivity index (χ0) is 13.4. The molecule has 1 aliphatic heterocycles. The molecule has 78 valence electrons. The molecule has 2 rings (SSSR count). The van der Waals surface area contributed by atoms with Gasteiger partial charge in [0.25, 0.3) is 0 Å². The van der Waals surface area contributed by atoms with Gasteiger partial charge in [0.2, 0.25) is 0 Å². The van der Waals surface area contributed by atoms with E-state index in [4.69, 9.17) is 5.48 Å². The van der Waals surface area contributed by atoms with Crippen LogP contribution >= 0.6 is 0 Å². The minimum Gasteiger partial charge on any atom is -0.302 e. The van der Waals surface area contributed by atoms with Crippen molar-refractivity contribution in [2.75, 3.05) is 19.6 Å². The fraction of sp³-hybridized carbons (Fsp3) is 0.750. The number of piperidine rings is 1. The molecule has 14 heavy (non-hydrogen) atoms. The van der Waals surface area contributed by atoms with Gasteiger partial charge in [-0.3, -0.25) is 4.79 Å². The van der Waals surface area contributed by atoms with E-state index < -0.39 is 18.7 Å². The molecule has 0 bridgehead atoms. The van der Waals surface area contributed by atoms with Gasteiger partial charge in [0.05, 0.1) is 0 Å². The molecule has 2 heteroatoms. The average molecular weight is 197 g/mol. The lowest BCUT2D eigenvalue weighted by atomic mass is 9.93. The molecule has 0 saturated carbocycles. The largest absolute Gasteiger partial charge is 0.302 e. The van der Waals surface area contributed by atoms with Gasteiger partial charge in [0, 0.05) is 38.0 Å². The Kier molecular flexibility index (Phi) is 2.05. The topological polar surface area (TPSA) is 20.3 Å². The van der Waals surface area contributed by atoms with Gasteiger partial charge in [0.15, 0.2) is 0 Å². The van der Waals surface area contributed by atoms with E-state index >= 15 is 0 Å². The zero-order valence-corrected chi connectivity index (χ0v) is 8.33. The number of allylic oxidation sites excluding steroid dienone is 2. The van der Waals surface area contributed by atoms with Gasteiger partial charge in [-0.25, -0.2) is 0 Å². The van der Waals surface area contributed by atoms with Crippen LogP contribution in [0.1, 0.15) is 37.5 Å². The summed E-state index contributed by atoms with van der Waals surface area (Å²) >= 11 is 0. The number of ketones is 1. The zero-order valence-electron chi connectivity index (χ0n) is 12.3. The molecule has 0 amide bonds. The van der Waals surface area contributed by atoms with E-state index in [1.165, 1.54) is 6.08 Å². The number of carbonyl (C=O) groups excluding carboxylic acids is 1. The monoisotopic (exact) mass is 197 g/mol. The molecule has 2 nitrogen and oxygen atoms in total. The lowest BCUT2D eigenvalue weighted by molar-refractivity contribution is -0.121. The summed E-state index contributed by atoms with van der Waals surface area (Å²) in [5.41, 5.74) is 0. The van der Waals surface area contributed by atoms with Gasteiger partial charge in [-0.15, -0.1) is 0 Å². The van der Waals surface area contributed by atoms with Crippen molar-refractivity contribution < 1.29 is 10.3 Å². The second-order valence-corrected chi connectivity index (χ2v) is 3.87. The van der Waals surface area contributed by atoms with Gasteiger partial charge in [-0.1, -0.05) is 12.2 Å². The molecule has 0 N–H and O–H groups in total. The van der Waals surface area contributed by atoms with Gasteiger partial charge in [-0.05, 0) is 25.1 Å². The Morgan fingerprint density at radius 3 is 2.93 bits per heavy atom. The van der Waals surface area contributed by atoms with Crippen LogP contribution in [0.25, 0.3) is 0 Å². The average Bonchev–Trinajstić information content (AvgIpc) is 2.25. The summed E-state index contributed by atoms with van der Waals surface area (Å²) in [6.45, 7) is 1.65. The van der Waals surface area contributed by atoms with Crippen molar-refractivity contribution in [1.82, 2.24) is 4.90 Å². The lowest BCUT2D eigenvalue weighted by Gasteiger charge is -2.30. The third kappa shape index (κ3) is 2.68. The van der Waals surface area contributed by atoms with Crippen molar-refractivity contribution in [1.29, 1.82) is 0 Å². The maximum absolute atomic E-state index is 11.2. The predicted octanol–water partition coefficient (Wildman–Crippen LogP) is 2.01. The summed E-state index contributed by atoms with van der Waals surface area (Å²) in [7, 11) is 0. The molecule has 1 saturated heterocycles. The van der Waals surface area contributed by atoms with E-state index in [0.29, 0.717) is 32.5 Å². The molecule has 0 radical (unpaired) electrons. The van der Waals surface area contributed by atoms with E-state index in [-0.39, 0.29) is 12.2 Å². The SMILES string of the molecule is [2H]C1([2H])C=CCC([2H])([2H])C1CN1CCC(=O)CC1. The van der Waals surface area contributed by atoms with Crippen molar-refractivity contribution in [2.45, 2.75) is 32.0 Å². The first-order chi connectivity index (χ1) is 8.31. The highest BCUT2D eigenvalue weighted by atomic mass is 16.1. The molecule has 0 aromatic rings. The highest BCUT2D eigenvalue weighted by molar-refractivity contribution is 5.79. The molecule has 1 heterocycles. The van der Waals surface area contributed by atoms with Crippen molar-refractivity contribution in [3.8, 4) is 0 Å². The highest BCUT2D eigenvalue weighted by Gasteiger charge is 2.19. The molecular formula is C12H19NO. The molecule has 1 atom stereocenters. The standard InChI is InChI=1S/C12H19NO/c14-12-6-8-13(9-7-12)10-11-4-2-1-3-5-11/h1-2,11H,3-10H2/i4D2,5D2. The number of likely N-dealkylation sites (tertiary alicyclic amines) is 1. The Morgan fingerprint density at radius 2 is 2.21 bits per heavy atom. The van der Waals surface area contributed by atoms with Crippen LogP contribution in [0.5, 0.6) is 0 Å². The van der Waals surface area contributed by atoms with Crippen LogP contribution in [0.3, 0.4) is 0 Å². The number of rotatable bonds is 2. The number of hydrogen-bond donors (Lipinski definition) is 0. The van der Waals surface area contributed by atoms with Crippen LogP contribution in [0.15, 0.2) is 12.2 Å². The van der Waals surface area contributed by atoms with Gasteiger partial charge < -0.3 is 4.90 Å². The smallest absolute Gasteiger partial charge is 0.135 e. The third-order valence-electron chi connectivity index (χ3n) is 2.75. The maximum atomic E-state index is 11.2. The lowest BCUT2D eigenvalue weighted by Crippen LogP contribution is -2.37. The molecule has 1 fully saturated rings. The van der Waals surface area contributed by atoms with Gasteiger partial charge in [-0.2, -0.15) is 0 Å². The van der Waals surface area contributed by atoms with Crippen molar-refractivity contribution in [3.63, 3.8) is 0 Å². The fourth-order valence-corrected chi connectivity index (χ4v) is 1.87. The second-order valence-electron chi connectivity index (χ2n) is 3.87. The van der Waals surface area contributed by atoms with Crippen molar-refractivity contribution in [3.05, 3.63) is 12.2 Å². The fourth-order valence-electron chi connectivity index (χ4n) is 1.87. The molecule has 0 spiro atoms. The number of nitrogens with zero attached hydrogens (tertiary/aromatic N) is 1. The second kappa shape index (κ2) is 4.74. The first-order valence-corrected chi connectivity index (χ1v) is 5.23. The van der Waals surface area contributed by atoms with Crippen LogP contribution < -0.4 is 0 Å². The number of carbonyl (C=O) groups is 1. The summed E-state index contributed by atoms with van der Waals surface area (Å²) in [6, 6.07) is 0. The van der Waals surface area contributed by atoms with Crippen LogP contribution in [-0.2, 0) is 4.79 Å². The molecule has 1 aliphatic carbocycles. The van der Waals surface area contributed by atoms with Crippen LogP contribution in [0.4, 0.5) is 0 Å². The van der Waals surface area contributed by atoms with Crippen LogP contribution in [-0.4, -0.2) is 30.3 Å². The number of Topliss-reactive ketones (excluding diaryl/α,β-unsaturated/α-hetero) is 1. The summed E-state index contributed by atoms with van der Waals surface area (Å²) in [4.78, 5) is 13.2. The molecular weight excluding hydrogens is 174 g/mol. The highest BCUT2D eigenvalue weighted by Crippen LogP contribution is 2.20. The summed E-state index contributed by atoms with van der Waals surface area (Å²) in [6.07, 6.45) is 1.24. The van der Waals surface area contributed by atoms with E-state index in [2.05, 4.69) is 0 Å². The van der Waals surface area contributed by atoms with E-state index in [1.807, 2.05) is 4.90 Å². The first-order valence-electron chi connectivity index (χ1n) is 7.23. The maximum Gasteiger partial charge on any atom is 0.135 e. The molecule has 1 unspecified atom stereocenters. The quantitative estimate of drug-likeness (QED) is 0.631. The Hall–Kier alpha value is -0.630. The first kappa shape index (κ1) is 6.06. The number of hydrogen-bond acceptors (Lipinski definition) is 2. The molecule has 0 aromatic carbocycles. The predicted molar refractivity (Wildman–Crippen MR) is 57.2 cm³/mol. The summed E-state index contributed by atoms with van der Waals surface area (Å²) < 4.78 is 31.8. The Bertz CT molecular complexity index is 357. The molecule has 0 aromatic heterocycles. The normalized spacial score (nSPS) is 40.9. The van der Waals surface area contributed by atoms with Crippen molar-refractivity contribution >= 4 is 5.78 Å². The Balaban J connectivity index is 2.06. The van der Waals surface area contributed by atoms with Crippen LogP contribution in [0.2, 0.25) is 0 Å². The minimum absolute atomic E-state index is 0.251. The molecule has 2 aliphatic rings. The Labute approximate surface area is 91.6 Å². The Morgan fingerprint density at radius 1 is 1.43 bits per heavy atom. The van der Waals surface area contributed by atoms with E-state index in [0.717, 1.165) is 0 Å². The third-order valence-corrected chi connectivity index (χ3v) is 2.75. The van der Waals surface area contributed by atoms with Crippen LogP contribution in [0, 0.1) is 5.92 Å². The summed E-state index contributed by atoms with van der Waals surface area (Å²) in [5.74, 6) is -0.413. The minimum atomic E-state index is -1.61. The van der Waals surface area contributed by atoms with Crippen molar-refractivity contribution in [2.24, 2.45) is 5.92 Å². The van der Waals surface area contributed by atoms with E-state index in [1.54, 1.807) is 6.08 Å².